The summed E-state index contributed by atoms with van der Waals surface area (Å²) in [7, 11) is 0. The van der Waals surface area contributed by atoms with Gasteiger partial charge in [-0.2, -0.15) is 0 Å². The van der Waals surface area contributed by atoms with Gasteiger partial charge in [-0.1, -0.05) is 12.1 Å². The van der Waals surface area contributed by atoms with Crippen molar-refractivity contribution in [2.45, 2.75) is 26.5 Å². The molecule has 0 radical (unpaired) electrons. The summed E-state index contributed by atoms with van der Waals surface area (Å²) >= 11 is 0. The zero-order chi connectivity index (χ0) is 22.2. The second-order valence-corrected chi connectivity index (χ2v) is 6.77. The van der Waals surface area contributed by atoms with Crippen molar-refractivity contribution in [1.82, 2.24) is 0 Å². The molecule has 0 fully saturated rings. The Morgan fingerprint density at radius 3 is 2.26 bits per heavy atom. The Morgan fingerprint density at radius 2 is 1.61 bits per heavy atom. The van der Waals surface area contributed by atoms with Crippen LogP contribution in [0.4, 0.5) is 17.1 Å². The van der Waals surface area contributed by atoms with Crippen molar-refractivity contribution in [3.8, 4) is 0 Å². The Morgan fingerprint density at radius 1 is 0.935 bits per heavy atom. The predicted molar refractivity (Wildman–Crippen MR) is 117 cm³/mol. The Hall–Kier alpha value is -4.07. The van der Waals surface area contributed by atoms with E-state index in [2.05, 4.69) is 16.0 Å². The topological polar surface area (TPSA) is 110 Å². The molecule has 160 valence electrons. The number of esters is 1. The van der Waals surface area contributed by atoms with E-state index in [0.717, 1.165) is 5.76 Å². The van der Waals surface area contributed by atoms with Crippen LogP contribution in [0.5, 0.6) is 0 Å². The molecule has 3 N–H and O–H groups in total. The first-order chi connectivity index (χ1) is 14.9. The van der Waals surface area contributed by atoms with Gasteiger partial charge in [-0.25, -0.2) is 4.79 Å². The van der Waals surface area contributed by atoms with Crippen LogP contribution in [0.15, 0.2) is 71.3 Å². The summed E-state index contributed by atoms with van der Waals surface area (Å²) in [6.45, 7) is 3.32. The number of carbonyl (C=O) groups excluding carboxylic acids is 3. The van der Waals surface area contributed by atoms with Crippen molar-refractivity contribution in [3.05, 3.63) is 78.3 Å². The summed E-state index contributed by atoms with van der Waals surface area (Å²) in [5.74, 6) is -0.551. The molecule has 0 spiro atoms. The van der Waals surface area contributed by atoms with Crippen molar-refractivity contribution in [3.63, 3.8) is 0 Å². The van der Waals surface area contributed by atoms with Gasteiger partial charge >= 0.3 is 5.97 Å². The summed E-state index contributed by atoms with van der Waals surface area (Å²) in [4.78, 5) is 36.1. The predicted octanol–water partition coefficient (Wildman–Crippen LogP) is 4.03. The summed E-state index contributed by atoms with van der Waals surface area (Å²) in [6, 6.07) is 17.1. The third kappa shape index (κ3) is 6.20. The number of benzene rings is 2. The largest absolute Gasteiger partial charge is 0.467 e. The maximum absolute atomic E-state index is 12.6. The lowest BCUT2D eigenvalue weighted by Gasteiger charge is -2.16. The van der Waals surface area contributed by atoms with Gasteiger partial charge in [0, 0.05) is 24.0 Å². The molecule has 8 heteroatoms. The van der Waals surface area contributed by atoms with Gasteiger partial charge in [-0.3, -0.25) is 9.59 Å². The molecule has 1 atom stereocenters. The number of hydrogen-bond acceptors (Lipinski definition) is 6. The molecule has 0 bridgehead atoms. The van der Waals surface area contributed by atoms with E-state index in [1.807, 2.05) is 6.07 Å². The van der Waals surface area contributed by atoms with Crippen molar-refractivity contribution in [2.24, 2.45) is 0 Å². The number of hydrogen-bond donors (Lipinski definition) is 3. The lowest BCUT2D eigenvalue weighted by atomic mass is 10.1. The van der Waals surface area contributed by atoms with Crippen LogP contribution < -0.4 is 16.0 Å². The molecular weight excluding hydrogens is 398 g/mol. The Balaban J connectivity index is 1.58. The van der Waals surface area contributed by atoms with Crippen molar-refractivity contribution < 1.29 is 23.5 Å². The minimum absolute atomic E-state index is 0.184. The Bertz CT molecular complexity index is 1050. The SMILES string of the molecule is CC(=O)Nc1ccc(NC(=O)[C@H](C)OC(=O)c2ccccc2NCc2ccco2)cc1. The fraction of sp³-hybridized carbons (Fsp3) is 0.174. The van der Waals surface area contributed by atoms with Crippen LogP contribution in [-0.4, -0.2) is 23.9 Å². The fourth-order valence-corrected chi connectivity index (χ4v) is 2.77. The summed E-state index contributed by atoms with van der Waals surface area (Å²) < 4.78 is 10.6. The van der Waals surface area contributed by atoms with Gasteiger partial charge in [-0.05, 0) is 55.5 Å². The monoisotopic (exact) mass is 421 g/mol. The molecule has 0 aliphatic rings. The third-order valence-electron chi connectivity index (χ3n) is 4.31. The van der Waals surface area contributed by atoms with Crippen molar-refractivity contribution in [2.75, 3.05) is 16.0 Å². The minimum atomic E-state index is -1.01. The molecule has 1 aromatic heterocycles. The van der Waals surface area contributed by atoms with E-state index >= 15 is 0 Å². The highest BCUT2D eigenvalue weighted by molar-refractivity contribution is 6.00. The molecule has 0 saturated carbocycles. The van der Waals surface area contributed by atoms with Crippen LogP contribution >= 0.6 is 0 Å². The molecule has 0 unspecified atom stereocenters. The van der Waals surface area contributed by atoms with Gasteiger partial charge in [0.25, 0.3) is 5.91 Å². The summed E-state index contributed by atoms with van der Waals surface area (Å²) in [5, 5.41) is 8.46. The average Bonchev–Trinajstić information content (AvgIpc) is 3.27. The fourth-order valence-electron chi connectivity index (χ4n) is 2.77. The molecule has 2 amide bonds. The zero-order valence-corrected chi connectivity index (χ0v) is 17.2. The maximum Gasteiger partial charge on any atom is 0.341 e. The van der Waals surface area contributed by atoms with Gasteiger partial charge in [-0.15, -0.1) is 0 Å². The summed E-state index contributed by atoms with van der Waals surface area (Å²) in [5.41, 5.74) is 2.02. The van der Waals surface area contributed by atoms with Crippen LogP contribution in [0.25, 0.3) is 0 Å². The molecule has 31 heavy (non-hydrogen) atoms. The number of para-hydroxylation sites is 1. The first kappa shape index (κ1) is 21.6. The highest BCUT2D eigenvalue weighted by Crippen LogP contribution is 2.19. The van der Waals surface area contributed by atoms with Crippen LogP contribution in [0.2, 0.25) is 0 Å². The highest BCUT2D eigenvalue weighted by Gasteiger charge is 2.21. The van der Waals surface area contributed by atoms with Crippen LogP contribution in [0, 0.1) is 0 Å². The Labute approximate surface area is 179 Å². The first-order valence-electron chi connectivity index (χ1n) is 9.67. The molecule has 0 saturated heterocycles. The molecule has 2 aromatic carbocycles. The third-order valence-corrected chi connectivity index (χ3v) is 4.31. The van der Waals surface area contributed by atoms with E-state index < -0.39 is 18.0 Å². The van der Waals surface area contributed by atoms with Gasteiger partial charge in [0.15, 0.2) is 6.10 Å². The van der Waals surface area contributed by atoms with Crippen molar-refractivity contribution >= 4 is 34.8 Å². The van der Waals surface area contributed by atoms with Gasteiger partial charge in [0.05, 0.1) is 18.4 Å². The lowest BCUT2D eigenvalue weighted by Crippen LogP contribution is -2.30. The lowest BCUT2D eigenvalue weighted by molar-refractivity contribution is -0.123. The van der Waals surface area contributed by atoms with Crippen LogP contribution in [-0.2, 0) is 20.9 Å². The van der Waals surface area contributed by atoms with Gasteiger partial charge in [0.1, 0.15) is 5.76 Å². The van der Waals surface area contributed by atoms with E-state index in [1.54, 1.807) is 60.9 Å². The molecule has 0 aliphatic heterocycles. The maximum atomic E-state index is 12.6. The number of furan rings is 1. The normalized spacial score (nSPS) is 11.3. The number of carbonyl (C=O) groups is 3. The second-order valence-electron chi connectivity index (χ2n) is 6.77. The minimum Gasteiger partial charge on any atom is -0.467 e. The smallest absolute Gasteiger partial charge is 0.341 e. The molecular formula is C23H23N3O5. The van der Waals surface area contributed by atoms with Gasteiger partial charge < -0.3 is 25.1 Å². The van der Waals surface area contributed by atoms with Crippen LogP contribution in [0.3, 0.4) is 0 Å². The second kappa shape index (κ2) is 10.1. The number of rotatable bonds is 8. The van der Waals surface area contributed by atoms with Crippen molar-refractivity contribution in [1.29, 1.82) is 0 Å². The molecule has 3 aromatic rings. The highest BCUT2D eigenvalue weighted by atomic mass is 16.5. The van der Waals surface area contributed by atoms with E-state index in [9.17, 15) is 14.4 Å². The standard InChI is InChI=1S/C23H23N3O5/c1-15(22(28)26-18-11-9-17(10-12-18)25-16(2)27)31-23(29)20-7-3-4-8-21(20)24-14-19-6-5-13-30-19/h3-13,15,24H,14H2,1-2H3,(H,25,27)(H,26,28)/t15-/m0/s1. The van der Waals surface area contributed by atoms with E-state index in [4.69, 9.17) is 9.15 Å². The Kier molecular flexibility index (Phi) is 7.05. The number of nitrogens with one attached hydrogen (secondary N) is 3. The number of ether oxygens (including phenoxy) is 1. The number of amides is 2. The first-order valence-corrected chi connectivity index (χ1v) is 9.67. The molecule has 3 rings (SSSR count). The molecule has 8 nitrogen and oxygen atoms in total. The van der Waals surface area contributed by atoms with Crippen LogP contribution in [0.1, 0.15) is 30.0 Å². The average molecular weight is 421 g/mol. The molecule has 1 heterocycles. The van der Waals surface area contributed by atoms with E-state index in [1.165, 1.54) is 13.8 Å². The quantitative estimate of drug-likeness (QED) is 0.474. The molecule has 0 aliphatic carbocycles. The zero-order valence-electron chi connectivity index (χ0n) is 17.2. The van der Waals surface area contributed by atoms with E-state index in [0.29, 0.717) is 29.2 Å². The summed E-state index contributed by atoms with van der Waals surface area (Å²) in [6.07, 6.45) is 0.561. The number of anilines is 3. The van der Waals surface area contributed by atoms with Gasteiger partial charge in [0.2, 0.25) is 5.91 Å². The van der Waals surface area contributed by atoms with E-state index in [-0.39, 0.29) is 5.91 Å².